The van der Waals surface area contributed by atoms with Gasteiger partial charge in [0, 0.05) is 5.57 Å². The highest BCUT2D eigenvalue weighted by molar-refractivity contribution is 6.26. The van der Waals surface area contributed by atoms with Crippen LogP contribution in [0, 0.1) is 0 Å². The van der Waals surface area contributed by atoms with E-state index in [9.17, 15) is 5.21 Å². The number of allylic oxidation sites excluding steroid dienone is 2. The molecule has 0 aliphatic heterocycles. The van der Waals surface area contributed by atoms with Crippen LogP contribution in [0.4, 0.5) is 0 Å². The van der Waals surface area contributed by atoms with Crippen LogP contribution in [0.2, 0.25) is 0 Å². The van der Waals surface area contributed by atoms with Crippen LogP contribution in [-0.4, -0.2) is 22.3 Å². The van der Waals surface area contributed by atoms with E-state index in [-0.39, 0.29) is 0 Å². The molecule has 2 N–H and O–H groups in total. The van der Waals surface area contributed by atoms with Crippen molar-refractivity contribution < 1.29 is 10.4 Å². The highest BCUT2D eigenvalue weighted by Crippen LogP contribution is 2.35. The second-order valence-corrected chi connectivity index (χ2v) is 5.00. The van der Waals surface area contributed by atoms with Gasteiger partial charge in [-0.15, -0.1) is 0 Å². The van der Waals surface area contributed by atoms with Crippen LogP contribution >= 0.6 is 0 Å². The summed E-state index contributed by atoms with van der Waals surface area (Å²) in [5, 5.41) is 24.4. The first-order chi connectivity index (χ1) is 9.80. The molecule has 0 atom stereocenters. The standard InChI is InChI=1S/C16H20N2O2/c1-2-3-6-13-8-9-15(18-20)16(13)14-7-4-5-12(10-14)11-17-19/h4-5,7,10-11,19-20H,2-3,6,8-9H2,1H3/b17-11-,18-15+. The van der Waals surface area contributed by atoms with Gasteiger partial charge in [0.15, 0.2) is 0 Å². The molecule has 1 aliphatic carbocycles. The van der Waals surface area contributed by atoms with Gasteiger partial charge >= 0.3 is 0 Å². The Labute approximate surface area is 119 Å². The highest BCUT2D eigenvalue weighted by Gasteiger charge is 2.22. The number of unbranched alkanes of at least 4 members (excludes halogenated alkanes) is 1. The van der Waals surface area contributed by atoms with Gasteiger partial charge in [0.25, 0.3) is 0 Å². The first-order valence-corrected chi connectivity index (χ1v) is 7.01. The SMILES string of the molecule is CCCCC1=C(c2cccc(/C=N\O)c2)/C(=N/O)CC1. The minimum atomic E-state index is 0.759. The zero-order valence-corrected chi connectivity index (χ0v) is 11.7. The molecule has 0 unspecified atom stereocenters. The number of rotatable bonds is 5. The van der Waals surface area contributed by atoms with Crippen LogP contribution < -0.4 is 0 Å². The molecule has 0 bridgehead atoms. The third-order valence-electron chi connectivity index (χ3n) is 3.64. The lowest BCUT2D eigenvalue weighted by Gasteiger charge is -2.08. The summed E-state index contributed by atoms with van der Waals surface area (Å²) in [6, 6.07) is 7.76. The quantitative estimate of drug-likeness (QED) is 0.482. The molecule has 1 aromatic carbocycles. The molecular formula is C16H20N2O2. The molecule has 0 spiro atoms. The number of oxime groups is 2. The Kier molecular flexibility index (Phi) is 4.93. The summed E-state index contributed by atoms with van der Waals surface area (Å²) in [5.74, 6) is 0. The van der Waals surface area contributed by atoms with Crippen molar-refractivity contribution in [1.29, 1.82) is 0 Å². The molecule has 4 heteroatoms. The fraction of sp³-hybridized carbons (Fsp3) is 0.375. The Morgan fingerprint density at radius 2 is 2.10 bits per heavy atom. The minimum Gasteiger partial charge on any atom is -0.411 e. The molecule has 0 aromatic heterocycles. The molecule has 20 heavy (non-hydrogen) atoms. The van der Waals surface area contributed by atoms with Crippen LogP contribution in [0.15, 0.2) is 40.1 Å². The van der Waals surface area contributed by atoms with Crippen molar-refractivity contribution in [2.45, 2.75) is 39.0 Å². The predicted molar refractivity (Wildman–Crippen MR) is 80.7 cm³/mol. The molecule has 106 valence electrons. The first kappa shape index (κ1) is 14.3. The fourth-order valence-electron chi connectivity index (χ4n) is 2.68. The molecule has 0 radical (unpaired) electrons. The molecular weight excluding hydrogens is 252 g/mol. The molecule has 1 aromatic rings. The topological polar surface area (TPSA) is 65.2 Å². The van der Waals surface area contributed by atoms with Crippen molar-refractivity contribution in [3.8, 4) is 0 Å². The number of hydrogen-bond donors (Lipinski definition) is 2. The van der Waals surface area contributed by atoms with Crippen molar-refractivity contribution in [1.82, 2.24) is 0 Å². The monoisotopic (exact) mass is 272 g/mol. The van der Waals surface area contributed by atoms with Gasteiger partial charge in [0.2, 0.25) is 0 Å². The number of nitrogens with zero attached hydrogens (tertiary/aromatic N) is 2. The molecule has 4 nitrogen and oxygen atoms in total. The molecule has 0 amide bonds. The van der Waals surface area contributed by atoms with E-state index >= 15 is 0 Å². The summed E-state index contributed by atoms with van der Waals surface area (Å²) in [4.78, 5) is 0. The summed E-state index contributed by atoms with van der Waals surface area (Å²) < 4.78 is 0. The van der Waals surface area contributed by atoms with E-state index in [0.717, 1.165) is 54.5 Å². The Balaban J connectivity index is 2.41. The summed E-state index contributed by atoms with van der Waals surface area (Å²) in [6.45, 7) is 2.18. The Morgan fingerprint density at radius 1 is 1.25 bits per heavy atom. The fourth-order valence-corrected chi connectivity index (χ4v) is 2.68. The molecule has 0 saturated heterocycles. The summed E-state index contributed by atoms with van der Waals surface area (Å²) >= 11 is 0. The summed E-state index contributed by atoms with van der Waals surface area (Å²) in [6.07, 6.45) is 6.51. The van der Waals surface area contributed by atoms with Crippen molar-refractivity contribution >= 4 is 17.5 Å². The van der Waals surface area contributed by atoms with E-state index in [1.807, 2.05) is 24.3 Å². The van der Waals surface area contributed by atoms with E-state index in [4.69, 9.17) is 5.21 Å². The zero-order valence-electron chi connectivity index (χ0n) is 11.7. The smallest absolute Gasteiger partial charge is 0.0876 e. The van der Waals surface area contributed by atoms with Gasteiger partial charge in [0.05, 0.1) is 11.9 Å². The third kappa shape index (κ3) is 3.07. The number of hydrogen-bond acceptors (Lipinski definition) is 4. The van der Waals surface area contributed by atoms with E-state index in [2.05, 4.69) is 17.2 Å². The maximum atomic E-state index is 9.20. The largest absolute Gasteiger partial charge is 0.411 e. The first-order valence-electron chi connectivity index (χ1n) is 7.01. The maximum absolute atomic E-state index is 9.20. The normalized spacial score (nSPS) is 17.6. The Morgan fingerprint density at radius 3 is 2.80 bits per heavy atom. The molecule has 0 fully saturated rings. The Hall–Kier alpha value is -2.10. The molecule has 1 aliphatic rings. The average molecular weight is 272 g/mol. The van der Waals surface area contributed by atoms with Crippen LogP contribution in [0.25, 0.3) is 5.57 Å². The maximum Gasteiger partial charge on any atom is 0.0876 e. The van der Waals surface area contributed by atoms with Gasteiger partial charge in [-0.25, -0.2) is 0 Å². The summed E-state index contributed by atoms with van der Waals surface area (Å²) in [7, 11) is 0. The van der Waals surface area contributed by atoms with E-state index in [1.165, 1.54) is 11.8 Å². The van der Waals surface area contributed by atoms with Crippen molar-refractivity contribution in [3.05, 3.63) is 41.0 Å². The van der Waals surface area contributed by atoms with Crippen LogP contribution in [0.3, 0.4) is 0 Å². The zero-order chi connectivity index (χ0) is 14.4. The predicted octanol–water partition coefficient (Wildman–Crippen LogP) is 4.06. The van der Waals surface area contributed by atoms with Crippen molar-refractivity contribution in [3.63, 3.8) is 0 Å². The van der Waals surface area contributed by atoms with Crippen LogP contribution in [0.5, 0.6) is 0 Å². The minimum absolute atomic E-state index is 0.759. The second-order valence-electron chi connectivity index (χ2n) is 5.00. The van der Waals surface area contributed by atoms with Gasteiger partial charge < -0.3 is 10.4 Å². The van der Waals surface area contributed by atoms with Gasteiger partial charge in [-0.2, -0.15) is 0 Å². The molecule has 2 rings (SSSR count). The summed E-state index contributed by atoms with van der Waals surface area (Å²) in [5.41, 5.74) is 5.04. The lowest BCUT2D eigenvalue weighted by Crippen LogP contribution is -1.98. The molecule has 0 saturated carbocycles. The van der Waals surface area contributed by atoms with Crippen LogP contribution in [-0.2, 0) is 0 Å². The van der Waals surface area contributed by atoms with E-state index in [0.29, 0.717) is 0 Å². The van der Waals surface area contributed by atoms with Crippen molar-refractivity contribution in [2.24, 2.45) is 10.3 Å². The van der Waals surface area contributed by atoms with Gasteiger partial charge in [-0.1, -0.05) is 47.4 Å². The second kappa shape index (κ2) is 6.89. The van der Waals surface area contributed by atoms with Crippen LogP contribution in [0.1, 0.15) is 50.2 Å². The van der Waals surface area contributed by atoms with E-state index < -0.39 is 0 Å². The van der Waals surface area contributed by atoms with Gasteiger partial charge in [-0.3, -0.25) is 0 Å². The van der Waals surface area contributed by atoms with Gasteiger partial charge in [-0.05, 0) is 42.9 Å². The number of benzene rings is 1. The average Bonchev–Trinajstić information content (AvgIpc) is 2.88. The molecule has 0 heterocycles. The van der Waals surface area contributed by atoms with Gasteiger partial charge in [0.1, 0.15) is 0 Å². The van der Waals surface area contributed by atoms with E-state index in [1.54, 1.807) is 0 Å². The third-order valence-corrected chi connectivity index (χ3v) is 3.64. The lowest BCUT2D eigenvalue weighted by molar-refractivity contribution is 0.319. The lowest BCUT2D eigenvalue weighted by atomic mass is 9.97. The Bertz CT molecular complexity index is 559. The highest BCUT2D eigenvalue weighted by atomic mass is 16.4. The van der Waals surface area contributed by atoms with Crippen molar-refractivity contribution in [2.75, 3.05) is 0 Å².